The van der Waals surface area contributed by atoms with E-state index in [4.69, 9.17) is 9.47 Å². The monoisotopic (exact) mass is 476 g/mol. The van der Waals surface area contributed by atoms with E-state index in [9.17, 15) is 18.0 Å². The summed E-state index contributed by atoms with van der Waals surface area (Å²) in [6.07, 6.45) is 0. The summed E-state index contributed by atoms with van der Waals surface area (Å²) < 4.78 is 37.5. The standard InChI is InChI=1S/C22H28N4O6S/c1-5-32-21(27)18-13-20(16(4)23-15(18)3)25-22(28)24-19-12-17(7-6-14(19)2)33(29,30)26-8-10-31-11-9-26/h6-7,12-13H,5,8-11H2,1-4H3,(H2,24,25,28). The van der Waals surface area contributed by atoms with Crippen LogP contribution in [0.1, 0.15) is 34.2 Å². The number of hydrogen-bond donors (Lipinski definition) is 2. The summed E-state index contributed by atoms with van der Waals surface area (Å²) in [6.45, 7) is 8.33. The third-order valence-corrected chi connectivity index (χ3v) is 7.11. The van der Waals surface area contributed by atoms with E-state index in [-0.39, 0.29) is 30.2 Å². The Balaban J connectivity index is 1.80. The molecule has 2 amide bonds. The molecule has 0 unspecified atom stereocenters. The molecular weight excluding hydrogens is 448 g/mol. The average Bonchev–Trinajstić information content (AvgIpc) is 2.77. The Hall–Kier alpha value is -3.02. The second kappa shape index (κ2) is 10.3. The fourth-order valence-electron chi connectivity index (χ4n) is 3.38. The number of pyridine rings is 1. The number of rotatable bonds is 6. The summed E-state index contributed by atoms with van der Waals surface area (Å²) in [5.74, 6) is -0.525. The molecule has 1 aliphatic rings. The first-order valence-corrected chi connectivity index (χ1v) is 12.0. The molecule has 1 aromatic carbocycles. The number of sulfonamides is 1. The van der Waals surface area contributed by atoms with Gasteiger partial charge < -0.3 is 20.1 Å². The highest BCUT2D eigenvalue weighted by Crippen LogP contribution is 2.24. The fourth-order valence-corrected chi connectivity index (χ4v) is 4.81. The van der Waals surface area contributed by atoms with E-state index in [1.54, 1.807) is 33.8 Å². The third kappa shape index (κ3) is 5.67. The van der Waals surface area contributed by atoms with Crippen molar-refractivity contribution in [1.82, 2.24) is 9.29 Å². The Morgan fingerprint density at radius 1 is 1.06 bits per heavy atom. The van der Waals surface area contributed by atoms with Gasteiger partial charge in [0.15, 0.2) is 0 Å². The Morgan fingerprint density at radius 2 is 1.73 bits per heavy atom. The molecule has 11 heteroatoms. The largest absolute Gasteiger partial charge is 0.462 e. The van der Waals surface area contributed by atoms with E-state index >= 15 is 0 Å². The lowest BCUT2D eigenvalue weighted by Crippen LogP contribution is -2.40. The Bertz CT molecular complexity index is 1160. The van der Waals surface area contributed by atoms with Gasteiger partial charge in [-0.25, -0.2) is 18.0 Å². The van der Waals surface area contributed by atoms with Crippen LogP contribution in [0.5, 0.6) is 0 Å². The Morgan fingerprint density at radius 3 is 2.39 bits per heavy atom. The molecule has 0 spiro atoms. The molecule has 3 rings (SSSR count). The van der Waals surface area contributed by atoms with Crippen molar-refractivity contribution < 1.29 is 27.5 Å². The van der Waals surface area contributed by atoms with Crippen LogP contribution in [0.4, 0.5) is 16.2 Å². The lowest BCUT2D eigenvalue weighted by molar-refractivity contribution is 0.0525. The maximum Gasteiger partial charge on any atom is 0.340 e. The number of urea groups is 1. The predicted octanol–water partition coefficient (Wildman–Crippen LogP) is 2.85. The van der Waals surface area contributed by atoms with Gasteiger partial charge in [-0.2, -0.15) is 4.31 Å². The number of aryl methyl sites for hydroxylation is 3. The lowest BCUT2D eigenvalue weighted by Gasteiger charge is -2.26. The van der Waals surface area contributed by atoms with E-state index in [2.05, 4.69) is 15.6 Å². The quantitative estimate of drug-likeness (QED) is 0.614. The zero-order valence-electron chi connectivity index (χ0n) is 19.1. The maximum absolute atomic E-state index is 12.9. The van der Waals surface area contributed by atoms with E-state index in [1.165, 1.54) is 22.5 Å². The predicted molar refractivity (Wildman–Crippen MR) is 123 cm³/mol. The van der Waals surface area contributed by atoms with Crippen molar-refractivity contribution in [2.45, 2.75) is 32.6 Å². The minimum atomic E-state index is -3.71. The number of ether oxygens (including phenoxy) is 2. The van der Waals surface area contributed by atoms with Crippen LogP contribution in [0.2, 0.25) is 0 Å². The van der Waals surface area contributed by atoms with E-state index in [1.807, 2.05) is 0 Å². The first-order valence-electron chi connectivity index (χ1n) is 10.6. The molecular formula is C22H28N4O6S. The first-order chi connectivity index (χ1) is 15.6. The van der Waals surface area contributed by atoms with Gasteiger partial charge >= 0.3 is 12.0 Å². The molecule has 2 heterocycles. The number of amides is 2. The summed E-state index contributed by atoms with van der Waals surface area (Å²) >= 11 is 0. The number of anilines is 2. The smallest absolute Gasteiger partial charge is 0.340 e. The number of nitrogens with one attached hydrogen (secondary N) is 2. The Kier molecular flexibility index (Phi) is 7.67. The van der Waals surface area contributed by atoms with Crippen molar-refractivity contribution in [1.29, 1.82) is 0 Å². The molecule has 1 aromatic heterocycles. The van der Waals surface area contributed by atoms with Crippen molar-refractivity contribution in [3.8, 4) is 0 Å². The summed E-state index contributed by atoms with van der Waals surface area (Å²) in [6, 6.07) is 5.51. The van der Waals surface area contributed by atoms with E-state index in [0.717, 1.165) is 0 Å². The molecule has 0 atom stereocenters. The third-order valence-electron chi connectivity index (χ3n) is 5.21. The maximum atomic E-state index is 12.9. The second-order valence-corrected chi connectivity index (χ2v) is 9.49. The van der Waals surface area contributed by atoms with Crippen LogP contribution >= 0.6 is 0 Å². The van der Waals surface area contributed by atoms with Gasteiger partial charge in [-0.3, -0.25) is 4.98 Å². The molecule has 2 N–H and O–H groups in total. The van der Waals surface area contributed by atoms with Crippen LogP contribution in [0, 0.1) is 20.8 Å². The van der Waals surface area contributed by atoms with Crippen molar-refractivity contribution >= 4 is 33.4 Å². The first kappa shape index (κ1) is 24.6. The summed E-state index contributed by atoms with van der Waals surface area (Å²) in [4.78, 5) is 29.3. The van der Waals surface area contributed by atoms with Gasteiger partial charge in [0.1, 0.15) is 0 Å². The van der Waals surface area contributed by atoms with Crippen LogP contribution in [0.25, 0.3) is 0 Å². The fraction of sp³-hybridized carbons (Fsp3) is 0.409. The highest BCUT2D eigenvalue weighted by atomic mass is 32.2. The molecule has 0 bridgehead atoms. The van der Waals surface area contributed by atoms with E-state index in [0.29, 0.717) is 41.5 Å². The summed E-state index contributed by atoms with van der Waals surface area (Å²) in [7, 11) is -3.71. The highest BCUT2D eigenvalue weighted by molar-refractivity contribution is 7.89. The van der Waals surface area contributed by atoms with Gasteiger partial charge in [-0.1, -0.05) is 6.07 Å². The highest BCUT2D eigenvalue weighted by Gasteiger charge is 2.27. The van der Waals surface area contributed by atoms with Gasteiger partial charge in [-0.15, -0.1) is 0 Å². The number of carbonyl (C=O) groups excluding carboxylic acids is 2. The number of nitrogens with zero attached hydrogens (tertiary/aromatic N) is 2. The molecule has 0 radical (unpaired) electrons. The second-order valence-electron chi connectivity index (χ2n) is 7.55. The number of carbonyl (C=O) groups is 2. The average molecular weight is 477 g/mol. The summed E-state index contributed by atoms with van der Waals surface area (Å²) in [5, 5.41) is 5.36. The molecule has 1 aliphatic heterocycles. The van der Waals surface area contributed by atoms with Crippen LogP contribution in [-0.2, 0) is 19.5 Å². The molecule has 0 saturated carbocycles. The molecule has 178 valence electrons. The number of benzene rings is 1. The summed E-state index contributed by atoms with van der Waals surface area (Å²) in [5.41, 5.74) is 2.66. The van der Waals surface area contributed by atoms with Gasteiger partial charge in [0.05, 0.1) is 47.4 Å². The zero-order chi connectivity index (χ0) is 24.2. The normalized spacial score (nSPS) is 14.5. The molecule has 1 fully saturated rings. The minimum Gasteiger partial charge on any atom is -0.462 e. The van der Waals surface area contributed by atoms with Gasteiger partial charge in [-0.05, 0) is 51.5 Å². The molecule has 2 aromatic rings. The number of morpholine rings is 1. The number of esters is 1. The van der Waals surface area contributed by atoms with E-state index < -0.39 is 22.0 Å². The van der Waals surface area contributed by atoms with Crippen molar-refractivity contribution in [2.75, 3.05) is 43.5 Å². The lowest BCUT2D eigenvalue weighted by atomic mass is 10.1. The van der Waals surface area contributed by atoms with Gasteiger partial charge in [0.25, 0.3) is 0 Å². The van der Waals surface area contributed by atoms with Crippen molar-refractivity contribution in [3.05, 3.63) is 46.8 Å². The number of aromatic nitrogens is 1. The molecule has 0 aliphatic carbocycles. The molecule has 1 saturated heterocycles. The van der Waals surface area contributed by atoms with Crippen molar-refractivity contribution in [3.63, 3.8) is 0 Å². The SMILES string of the molecule is CCOC(=O)c1cc(NC(=O)Nc2cc(S(=O)(=O)N3CCOCC3)ccc2C)c(C)nc1C. The van der Waals surface area contributed by atoms with Crippen LogP contribution in [0.15, 0.2) is 29.2 Å². The van der Waals surface area contributed by atoms with Gasteiger partial charge in [0, 0.05) is 18.8 Å². The molecule has 33 heavy (non-hydrogen) atoms. The number of hydrogen-bond acceptors (Lipinski definition) is 7. The van der Waals surface area contributed by atoms with Gasteiger partial charge in [0.2, 0.25) is 10.0 Å². The van der Waals surface area contributed by atoms with Crippen LogP contribution in [0.3, 0.4) is 0 Å². The van der Waals surface area contributed by atoms with Crippen molar-refractivity contribution in [2.24, 2.45) is 0 Å². The zero-order valence-corrected chi connectivity index (χ0v) is 19.9. The molecule has 10 nitrogen and oxygen atoms in total. The van der Waals surface area contributed by atoms with Crippen LogP contribution in [-0.4, -0.2) is 62.6 Å². The topological polar surface area (TPSA) is 127 Å². The van der Waals surface area contributed by atoms with Crippen LogP contribution < -0.4 is 10.6 Å². The Labute approximate surface area is 193 Å². The minimum absolute atomic E-state index is 0.0862.